The van der Waals surface area contributed by atoms with Gasteiger partial charge in [0, 0.05) is 54.8 Å². The summed E-state index contributed by atoms with van der Waals surface area (Å²) in [7, 11) is 4.75. The molecule has 0 saturated carbocycles. The molecule has 2 rings (SSSR count). The molecule has 0 aliphatic rings. The van der Waals surface area contributed by atoms with Gasteiger partial charge in [-0.25, -0.2) is 4.98 Å². The number of anilines is 3. The van der Waals surface area contributed by atoms with E-state index in [0.717, 1.165) is 30.3 Å². The highest BCUT2D eigenvalue weighted by Gasteiger charge is 2.15. The molecule has 0 atom stereocenters. The van der Waals surface area contributed by atoms with Crippen LogP contribution in [0.5, 0.6) is 17.2 Å². The number of benzene rings is 1. The van der Waals surface area contributed by atoms with Crippen molar-refractivity contribution in [1.82, 2.24) is 14.9 Å². The first kappa shape index (κ1) is 23.5. The van der Waals surface area contributed by atoms with E-state index in [2.05, 4.69) is 53.2 Å². The number of nitrogens with zero attached hydrogens (tertiary/aromatic N) is 3. The Balaban J connectivity index is 2.16. The van der Waals surface area contributed by atoms with Crippen LogP contribution in [-0.4, -0.2) is 61.4 Å². The van der Waals surface area contributed by atoms with E-state index in [-0.39, 0.29) is 0 Å². The topological polar surface area (TPSA) is 80.8 Å². The van der Waals surface area contributed by atoms with Crippen LogP contribution in [0.4, 0.5) is 17.5 Å². The molecule has 0 spiro atoms. The molecule has 0 radical (unpaired) electrons. The average Bonchev–Trinajstić information content (AvgIpc) is 2.69. The zero-order chi connectivity index (χ0) is 22.3. The van der Waals surface area contributed by atoms with E-state index in [1.165, 1.54) is 0 Å². The van der Waals surface area contributed by atoms with Gasteiger partial charge >= 0.3 is 0 Å². The van der Waals surface area contributed by atoms with Crippen LogP contribution < -0.4 is 24.8 Å². The van der Waals surface area contributed by atoms with Crippen molar-refractivity contribution in [2.45, 2.75) is 46.7 Å². The number of aromatic nitrogens is 2. The molecule has 0 fully saturated rings. The molecule has 166 valence electrons. The third kappa shape index (κ3) is 6.13. The minimum atomic E-state index is 0.496. The van der Waals surface area contributed by atoms with Gasteiger partial charge in [-0.1, -0.05) is 0 Å². The van der Waals surface area contributed by atoms with Gasteiger partial charge in [-0.05, 0) is 34.6 Å². The second kappa shape index (κ2) is 10.9. The molecule has 0 amide bonds. The number of methoxy groups -OCH3 is 3. The monoisotopic (exact) mass is 417 g/mol. The van der Waals surface area contributed by atoms with Crippen molar-refractivity contribution < 1.29 is 14.2 Å². The molecule has 1 heterocycles. The van der Waals surface area contributed by atoms with Crippen molar-refractivity contribution in [2.75, 3.05) is 45.1 Å². The van der Waals surface area contributed by atoms with Gasteiger partial charge < -0.3 is 24.8 Å². The summed E-state index contributed by atoms with van der Waals surface area (Å²) < 4.78 is 16.2. The summed E-state index contributed by atoms with van der Waals surface area (Å²) in [6, 6.07) is 6.58. The summed E-state index contributed by atoms with van der Waals surface area (Å²) in [5.74, 6) is 2.94. The lowest BCUT2D eigenvalue weighted by Gasteiger charge is -2.30. The highest BCUT2D eigenvalue weighted by Crippen LogP contribution is 2.40. The first-order chi connectivity index (χ1) is 14.3. The Morgan fingerprint density at radius 1 is 0.900 bits per heavy atom. The Labute approximate surface area is 180 Å². The van der Waals surface area contributed by atoms with Crippen LogP contribution in [0.3, 0.4) is 0 Å². The van der Waals surface area contributed by atoms with Crippen molar-refractivity contribution in [3.63, 3.8) is 0 Å². The summed E-state index contributed by atoms with van der Waals surface area (Å²) in [6.07, 6.45) is 0. The first-order valence-corrected chi connectivity index (χ1v) is 10.2. The second-order valence-corrected chi connectivity index (χ2v) is 7.61. The van der Waals surface area contributed by atoms with E-state index < -0.39 is 0 Å². The van der Waals surface area contributed by atoms with E-state index in [0.29, 0.717) is 35.3 Å². The zero-order valence-electron chi connectivity index (χ0n) is 19.4. The van der Waals surface area contributed by atoms with Crippen molar-refractivity contribution >= 4 is 17.5 Å². The molecular weight excluding hydrogens is 382 g/mol. The van der Waals surface area contributed by atoms with Crippen LogP contribution in [0.1, 0.15) is 33.4 Å². The maximum atomic E-state index is 5.42. The molecule has 0 saturated heterocycles. The molecular formula is C22H35N5O3. The fourth-order valence-corrected chi connectivity index (χ4v) is 3.42. The molecule has 0 bridgehead atoms. The van der Waals surface area contributed by atoms with Crippen LogP contribution in [0, 0.1) is 6.92 Å². The Morgan fingerprint density at radius 2 is 1.50 bits per heavy atom. The summed E-state index contributed by atoms with van der Waals surface area (Å²) in [5, 5.41) is 6.65. The SMILES string of the molecule is COc1cc(Nc2nc(C)cc(NCCN(C(C)C)C(C)C)n2)cc(OC)c1OC. The van der Waals surface area contributed by atoms with E-state index in [1.54, 1.807) is 21.3 Å². The minimum absolute atomic E-state index is 0.496. The normalized spacial score (nSPS) is 11.2. The molecule has 0 aliphatic heterocycles. The first-order valence-electron chi connectivity index (χ1n) is 10.2. The fraction of sp³-hybridized carbons (Fsp3) is 0.545. The number of hydrogen-bond donors (Lipinski definition) is 2. The lowest BCUT2D eigenvalue weighted by molar-refractivity contribution is 0.182. The van der Waals surface area contributed by atoms with E-state index in [9.17, 15) is 0 Å². The fourth-order valence-electron chi connectivity index (χ4n) is 3.42. The van der Waals surface area contributed by atoms with Gasteiger partial charge in [-0.3, -0.25) is 4.90 Å². The number of hydrogen-bond acceptors (Lipinski definition) is 8. The van der Waals surface area contributed by atoms with E-state index in [1.807, 2.05) is 25.1 Å². The zero-order valence-corrected chi connectivity index (χ0v) is 19.4. The summed E-state index contributed by atoms with van der Waals surface area (Å²) in [5.41, 5.74) is 1.61. The number of ether oxygens (including phenoxy) is 3. The highest BCUT2D eigenvalue weighted by atomic mass is 16.5. The number of aryl methyl sites for hydroxylation is 1. The van der Waals surface area contributed by atoms with Gasteiger partial charge in [0.25, 0.3) is 0 Å². The van der Waals surface area contributed by atoms with Crippen molar-refractivity contribution in [3.8, 4) is 17.2 Å². The van der Waals surface area contributed by atoms with Crippen molar-refractivity contribution in [1.29, 1.82) is 0 Å². The van der Waals surface area contributed by atoms with E-state index >= 15 is 0 Å². The van der Waals surface area contributed by atoms with Gasteiger partial charge in [0.2, 0.25) is 11.7 Å². The van der Waals surface area contributed by atoms with Gasteiger partial charge in [0.15, 0.2) is 11.5 Å². The summed E-state index contributed by atoms with van der Waals surface area (Å²) in [6.45, 7) is 12.6. The summed E-state index contributed by atoms with van der Waals surface area (Å²) in [4.78, 5) is 11.5. The van der Waals surface area contributed by atoms with Gasteiger partial charge in [-0.15, -0.1) is 0 Å². The average molecular weight is 418 g/mol. The maximum Gasteiger partial charge on any atom is 0.229 e. The van der Waals surface area contributed by atoms with Gasteiger partial charge in [-0.2, -0.15) is 4.98 Å². The minimum Gasteiger partial charge on any atom is -0.493 e. The van der Waals surface area contributed by atoms with E-state index in [4.69, 9.17) is 14.2 Å². The number of rotatable bonds is 11. The molecule has 0 aliphatic carbocycles. The lowest BCUT2D eigenvalue weighted by atomic mass is 10.2. The quantitative estimate of drug-likeness (QED) is 0.566. The lowest BCUT2D eigenvalue weighted by Crippen LogP contribution is -2.40. The Kier molecular flexibility index (Phi) is 8.53. The predicted molar refractivity (Wildman–Crippen MR) is 122 cm³/mol. The van der Waals surface area contributed by atoms with Crippen molar-refractivity contribution in [2.24, 2.45) is 0 Å². The molecule has 2 aromatic rings. The third-order valence-electron chi connectivity index (χ3n) is 4.78. The Hall–Kier alpha value is -2.74. The maximum absolute atomic E-state index is 5.42. The van der Waals surface area contributed by atoms with Crippen molar-refractivity contribution in [3.05, 3.63) is 23.9 Å². The molecule has 1 aromatic carbocycles. The predicted octanol–water partition coefficient (Wildman–Crippen LogP) is 4.09. The molecule has 0 unspecified atom stereocenters. The Bertz CT molecular complexity index is 793. The standard InChI is InChI=1S/C22H35N5O3/c1-14(2)27(15(3)4)10-9-23-20-11-16(5)24-22(26-20)25-17-12-18(28-6)21(30-8)19(13-17)29-7/h11-15H,9-10H2,1-8H3,(H2,23,24,25,26). The van der Waals surface area contributed by atoms with Crippen LogP contribution in [0.25, 0.3) is 0 Å². The molecule has 2 N–H and O–H groups in total. The second-order valence-electron chi connectivity index (χ2n) is 7.61. The van der Waals surface area contributed by atoms with Crippen LogP contribution in [0.15, 0.2) is 18.2 Å². The summed E-state index contributed by atoms with van der Waals surface area (Å²) >= 11 is 0. The third-order valence-corrected chi connectivity index (χ3v) is 4.78. The van der Waals surface area contributed by atoms with Gasteiger partial charge in [0.1, 0.15) is 5.82 Å². The molecule has 30 heavy (non-hydrogen) atoms. The highest BCUT2D eigenvalue weighted by molar-refractivity contribution is 5.66. The van der Waals surface area contributed by atoms with Crippen LogP contribution in [-0.2, 0) is 0 Å². The Morgan fingerprint density at radius 3 is 2.00 bits per heavy atom. The molecule has 1 aromatic heterocycles. The smallest absolute Gasteiger partial charge is 0.229 e. The van der Waals surface area contributed by atoms with Gasteiger partial charge in [0.05, 0.1) is 21.3 Å². The van der Waals surface area contributed by atoms with Crippen LogP contribution in [0.2, 0.25) is 0 Å². The number of nitrogens with one attached hydrogen (secondary N) is 2. The molecule has 8 heteroatoms. The molecule has 8 nitrogen and oxygen atoms in total. The largest absolute Gasteiger partial charge is 0.493 e. The van der Waals surface area contributed by atoms with Crippen LogP contribution >= 0.6 is 0 Å².